The van der Waals surface area contributed by atoms with Crippen LogP contribution in [0.5, 0.6) is 0 Å². The smallest absolute Gasteiger partial charge is 0.341 e. The lowest BCUT2D eigenvalue weighted by atomic mass is 9.89. The molecule has 17 heavy (non-hydrogen) atoms. The molecule has 1 fully saturated rings. The maximum Gasteiger partial charge on any atom is 0.341 e. The van der Waals surface area contributed by atoms with Crippen LogP contribution in [-0.2, 0) is 14.3 Å². The van der Waals surface area contributed by atoms with E-state index < -0.39 is 35.7 Å². The molecule has 2 atom stereocenters. The highest BCUT2D eigenvalue weighted by Gasteiger charge is 2.46. The van der Waals surface area contributed by atoms with Gasteiger partial charge in [0.15, 0.2) is 0 Å². The molecule has 0 aromatic carbocycles. The van der Waals surface area contributed by atoms with Gasteiger partial charge in [-0.15, -0.1) is 0 Å². The summed E-state index contributed by atoms with van der Waals surface area (Å²) in [6.07, 6.45) is -0.529. The number of carbonyl (C=O) groups is 2. The topological polar surface area (TPSA) is 75.6 Å². The molecule has 0 aromatic heterocycles. The average Bonchev–Trinajstić information content (AvgIpc) is 2.15. The Bertz CT molecular complexity index is 326. The number of rotatable bonds is 2. The van der Waals surface area contributed by atoms with Crippen molar-refractivity contribution in [1.29, 1.82) is 0 Å². The van der Waals surface area contributed by atoms with Gasteiger partial charge in [-0.2, -0.15) is 0 Å². The van der Waals surface area contributed by atoms with Crippen LogP contribution in [0.4, 0.5) is 4.39 Å². The quantitative estimate of drug-likeness (QED) is 0.708. The van der Waals surface area contributed by atoms with Crippen molar-refractivity contribution in [3.8, 4) is 0 Å². The number of ether oxygens (including phenoxy) is 1. The van der Waals surface area contributed by atoms with E-state index in [9.17, 15) is 14.0 Å². The number of piperidine rings is 1. The Morgan fingerprint density at radius 3 is 2.53 bits per heavy atom. The van der Waals surface area contributed by atoms with Crippen molar-refractivity contribution in [2.24, 2.45) is 0 Å². The predicted octanol–water partition coefficient (Wildman–Crippen LogP) is 0.873. The highest BCUT2D eigenvalue weighted by molar-refractivity contribution is 5.81. The van der Waals surface area contributed by atoms with Gasteiger partial charge in [0, 0.05) is 12.8 Å². The third kappa shape index (κ3) is 3.66. The first kappa shape index (κ1) is 13.9. The second-order valence-corrected chi connectivity index (χ2v) is 5.26. The maximum atomic E-state index is 13.9. The summed E-state index contributed by atoms with van der Waals surface area (Å²) in [4.78, 5) is 22.5. The molecule has 0 saturated carbocycles. The molecule has 1 aliphatic heterocycles. The molecule has 1 saturated heterocycles. The van der Waals surface area contributed by atoms with E-state index in [-0.39, 0.29) is 13.0 Å². The van der Waals surface area contributed by atoms with Crippen molar-refractivity contribution in [2.75, 3.05) is 6.54 Å². The van der Waals surface area contributed by atoms with Crippen LogP contribution in [-0.4, -0.2) is 40.9 Å². The molecule has 2 N–H and O–H groups in total. The molecule has 0 bridgehead atoms. The van der Waals surface area contributed by atoms with Gasteiger partial charge in [0.1, 0.15) is 11.6 Å². The van der Waals surface area contributed by atoms with E-state index >= 15 is 0 Å². The number of carboxylic acids is 1. The van der Waals surface area contributed by atoms with Crippen molar-refractivity contribution in [3.05, 3.63) is 0 Å². The molecule has 1 rings (SSSR count). The highest BCUT2D eigenvalue weighted by Crippen LogP contribution is 2.27. The SMILES string of the molecule is CC(C)(C)OC(=O)C1CC(F)(C(=O)O)CCN1. The van der Waals surface area contributed by atoms with Gasteiger partial charge in [-0.1, -0.05) is 0 Å². The number of esters is 1. The van der Waals surface area contributed by atoms with Gasteiger partial charge in [-0.05, 0) is 27.3 Å². The minimum absolute atomic E-state index is 0.137. The molecule has 2 unspecified atom stereocenters. The summed E-state index contributed by atoms with van der Waals surface area (Å²) in [7, 11) is 0. The Kier molecular flexibility index (Phi) is 3.76. The van der Waals surface area contributed by atoms with Crippen LogP contribution in [0.15, 0.2) is 0 Å². The Morgan fingerprint density at radius 2 is 2.06 bits per heavy atom. The van der Waals surface area contributed by atoms with E-state index in [1.54, 1.807) is 20.8 Å². The van der Waals surface area contributed by atoms with E-state index in [1.807, 2.05) is 0 Å². The first-order valence-electron chi connectivity index (χ1n) is 5.53. The maximum absolute atomic E-state index is 13.9. The Labute approximate surface area is 99.3 Å². The predicted molar refractivity (Wildman–Crippen MR) is 58.3 cm³/mol. The second-order valence-electron chi connectivity index (χ2n) is 5.26. The molecule has 1 aliphatic rings. The molecule has 0 amide bonds. The van der Waals surface area contributed by atoms with Gasteiger partial charge in [0.05, 0.1) is 0 Å². The Morgan fingerprint density at radius 1 is 1.47 bits per heavy atom. The van der Waals surface area contributed by atoms with Crippen LogP contribution in [0, 0.1) is 0 Å². The lowest BCUT2D eigenvalue weighted by Crippen LogP contribution is -2.54. The van der Waals surface area contributed by atoms with Crippen LogP contribution in [0.1, 0.15) is 33.6 Å². The summed E-state index contributed by atoms with van der Waals surface area (Å²) in [6, 6.07) is -0.899. The fourth-order valence-corrected chi connectivity index (χ4v) is 1.68. The minimum Gasteiger partial charge on any atom is -0.479 e. The van der Waals surface area contributed by atoms with Crippen LogP contribution in [0.25, 0.3) is 0 Å². The summed E-state index contributed by atoms with van der Waals surface area (Å²) >= 11 is 0. The molecule has 5 nitrogen and oxygen atoms in total. The molecule has 0 aromatic rings. The van der Waals surface area contributed by atoms with Crippen LogP contribution < -0.4 is 5.32 Å². The van der Waals surface area contributed by atoms with Gasteiger partial charge < -0.3 is 15.2 Å². The Hall–Kier alpha value is -1.17. The number of halogens is 1. The van der Waals surface area contributed by atoms with E-state index in [4.69, 9.17) is 9.84 Å². The molecule has 0 aliphatic carbocycles. The van der Waals surface area contributed by atoms with Crippen molar-refractivity contribution >= 4 is 11.9 Å². The van der Waals surface area contributed by atoms with Gasteiger partial charge in [-0.25, -0.2) is 9.18 Å². The zero-order valence-electron chi connectivity index (χ0n) is 10.2. The molecule has 1 heterocycles. The Balaban J connectivity index is 2.67. The second kappa shape index (κ2) is 4.60. The van der Waals surface area contributed by atoms with Gasteiger partial charge in [0.2, 0.25) is 5.67 Å². The van der Waals surface area contributed by atoms with Crippen molar-refractivity contribution in [1.82, 2.24) is 5.32 Å². The lowest BCUT2D eigenvalue weighted by Gasteiger charge is -2.32. The summed E-state index contributed by atoms with van der Waals surface area (Å²) in [6.45, 7) is 5.25. The molecule has 0 radical (unpaired) electrons. The molecule has 0 spiro atoms. The first-order chi connectivity index (χ1) is 7.64. The zero-order chi connectivity index (χ0) is 13.3. The minimum atomic E-state index is -2.34. The van der Waals surface area contributed by atoms with Crippen LogP contribution in [0.3, 0.4) is 0 Å². The fourth-order valence-electron chi connectivity index (χ4n) is 1.68. The van der Waals surface area contributed by atoms with E-state index in [0.717, 1.165) is 0 Å². The van der Waals surface area contributed by atoms with Crippen molar-refractivity contribution in [2.45, 2.75) is 50.9 Å². The van der Waals surface area contributed by atoms with Gasteiger partial charge >= 0.3 is 11.9 Å². The third-order valence-electron chi connectivity index (χ3n) is 2.51. The number of carbonyl (C=O) groups excluding carboxylic acids is 1. The molecule has 6 heteroatoms. The van der Waals surface area contributed by atoms with Crippen molar-refractivity contribution in [3.63, 3.8) is 0 Å². The van der Waals surface area contributed by atoms with Crippen LogP contribution in [0.2, 0.25) is 0 Å². The number of alkyl halides is 1. The molecular weight excluding hydrogens is 229 g/mol. The molecular formula is C11H18FNO4. The number of hydrogen-bond donors (Lipinski definition) is 2. The standard InChI is InChI=1S/C11H18FNO4/c1-10(2,3)17-8(14)7-6-11(12,9(15)16)4-5-13-7/h7,13H,4-6H2,1-3H3,(H,15,16). The zero-order valence-corrected chi connectivity index (χ0v) is 10.2. The summed E-state index contributed by atoms with van der Waals surface area (Å²) in [5.74, 6) is -2.13. The van der Waals surface area contributed by atoms with E-state index in [2.05, 4.69) is 5.32 Å². The summed E-state index contributed by atoms with van der Waals surface area (Å²) in [5, 5.41) is 11.5. The largest absolute Gasteiger partial charge is 0.479 e. The molecule has 98 valence electrons. The number of hydrogen-bond acceptors (Lipinski definition) is 4. The third-order valence-corrected chi connectivity index (χ3v) is 2.51. The lowest BCUT2D eigenvalue weighted by molar-refractivity contribution is -0.163. The monoisotopic (exact) mass is 247 g/mol. The normalized spacial score (nSPS) is 29.8. The number of aliphatic carboxylic acids is 1. The van der Waals surface area contributed by atoms with Crippen molar-refractivity contribution < 1.29 is 23.8 Å². The first-order valence-corrected chi connectivity index (χ1v) is 5.53. The van der Waals surface area contributed by atoms with Gasteiger partial charge in [-0.3, -0.25) is 4.79 Å². The van der Waals surface area contributed by atoms with Gasteiger partial charge in [0.25, 0.3) is 0 Å². The number of nitrogens with one attached hydrogen (secondary N) is 1. The highest BCUT2D eigenvalue weighted by atomic mass is 19.1. The summed E-state index contributed by atoms with van der Waals surface area (Å²) < 4.78 is 19.0. The fraction of sp³-hybridized carbons (Fsp3) is 0.818. The average molecular weight is 247 g/mol. The summed E-state index contributed by atoms with van der Waals surface area (Å²) in [5.41, 5.74) is -3.01. The van der Waals surface area contributed by atoms with Crippen LogP contribution >= 0.6 is 0 Å². The van der Waals surface area contributed by atoms with E-state index in [1.165, 1.54) is 0 Å². The van der Waals surface area contributed by atoms with E-state index in [0.29, 0.717) is 0 Å². The number of carboxylic acid groups (broad SMARTS) is 1.